The zero-order valence-corrected chi connectivity index (χ0v) is 9.75. The van der Waals surface area contributed by atoms with E-state index in [1.54, 1.807) is 0 Å². The first-order valence-electron chi connectivity index (χ1n) is 3.86. The largest absolute Gasteiger partial charge is 0.214 e. The van der Waals surface area contributed by atoms with Crippen LogP contribution in [0.4, 0.5) is 0 Å². The molecule has 2 aromatic rings. The molecular weight excluding hydrogens is 295 g/mol. The van der Waals surface area contributed by atoms with Gasteiger partial charge in [-0.1, -0.05) is 30.3 Å². The lowest BCUT2D eigenvalue weighted by molar-refractivity contribution is 1.10. The molecule has 2 nitrogen and oxygen atoms in total. The minimum atomic E-state index is 0.841. The second kappa shape index (κ2) is 4.15. The van der Waals surface area contributed by atoms with Crippen LogP contribution in [0.2, 0.25) is 0 Å². The van der Waals surface area contributed by atoms with Gasteiger partial charge in [0.1, 0.15) is 5.01 Å². The molecule has 0 unspecified atom stereocenters. The van der Waals surface area contributed by atoms with Crippen molar-refractivity contribution in [1.29, 1.82) is 0 Å². The van der Waals surface area contributed by atoms with E-state index >= 15 is 0 Å². The molecule has 0 amide bonds. The van der Waals surface area contributed by atoms with Crippen LogP contribution in [-0.4, -0.2) is 9.36 Å². The normalized spacial score (nSPS) is 10.2. The molecule has 0 bridgehead atoms. The van der Waals surface area contributed by atoms with Crippen molar-refractivity contribution in [2.24, 2.45) is 0 Å². The van der Waals surface area contributed by atoms with Crippen molar-refractivity contribution in [2.45, 2.75) is 6.42 Å². The first kappa shape index (κ1) is 9.08. The van der Waals surface area contributed by atoms with Gasteiger partial charge in [-0.05, 0) is 17.1 Å². The summed E-state index contributed by atoms with van der Waals surface area (Å²) in [5, 5.41) is 1.08. The maximum Gasteiger partial charge on any atom is 0.203 e. The van der Waals surface area contributed by atoms with Crippen LogP contribution in [0.25, 0.3) is 0 Å². The van der Waals surface area contributed by atoms with Crippen molar-refractivity contribution >= 4 is 34.1 Å². The first-order valence-corrected chi connectivity index (χ1v) is 5.72. The standard InChI is InChI=1S/C9H7IN2S/c10-9-11-8(13-12-9)6-7-4-2-1-3-5-7/h1-5H,6H2. The Kier molecular flexibility index (Phi) is 2.90. The van der Waals surface area contributed by atoms with Gasteiger partial charge in [0.15, 0.2) is 0 Å². The van der Waals surface area contributed by atoms with Crippen molar-refractivity contribution < 1.29 is 0 Å². The van der Waals surface area contributed by atoms with Gasteiger partial charge in [-0.2, -0.15) is 4.37 Å². The van der Waals surface area contributed by atoms with Gasteiger partial charge in [0.2, 0.25) is 3.83 Å². The molecule has 1 aromatic carbocycles. The number of aromatic nitrogens is 2. The summed E-state index contributed by atoms with van der Waals surface area (Å²) in [4.78, 5) is 4.30. The molecule has 0 radical (unpaired) electrons. The zero-order chi connectivity index (χ0) is 9.10. The Hall–Kier alpha value is -0.490. The average Bonchev–Trinajstić information content (AvgIpc) is 2.53. The van der Waals surface area contributed by atoms with Crippen molar-refractivity contribution in [3.63, 3.8) is 0 Å². The number of hydrogen-bond donors (Lipinski definition) is 0. The Morgan fingerprint density at radius 3 is 2.62 bits per heavy atom. The van der Waals surface area contributed by atoms with E-state index in [1.807, 2.05) is 18.2 Å². The number of benzene rings is 1. The summed E-state index contributed by atoms with van der Waals surface area (Å²) in [5.41, 5.74) is 1.29. The summed E-state index contributed by atoms with van der Waals surface area (Å²) < 4.78 is 4.97. The SMILES string of the molecule is Ic1nsc(Cc2ccccc2)n1. The molecular formula is C9H7IN2S. The van der Waals surface area contributed by atoms with Crippen LogP contribution in [-0.2, 0) is 6.42 Å². The van der Waals surface area contributed by atoms with Gasteiger partial charge in [-0.15, -0.1) is 0 Å². The summed E-state index contributed by atoms with van der Waals surface area (Å²) in [5.74, 6) is 0. The van der Waals surface area contributed by atoms with Crippen LogP contribution in [0.3, 0.4) is 0 Å². The third-order valence-corrected chi connectivity index (χ3v) is 3.16. The molecule has 0 saturated carbocycles. The van der Waals surface area contributed by atoms with E-state index in [2.05, 4.69) is 44.1 Å². The molecule has 0 aliphatic rings. The molecule has 0 aliphatic carbocycles. The van der Waals surface area contributed by atoms with Gasteiger partial charge in [-0.25, -0.2) is 4.98 Å². The Labute approximate surface area is 94.3 Å². The lowest BCUT2D eigenvalue weighted by Crippen LogP contribution is -1.85. The van der Waals surface area contributed by atoms with Gasteiger partial charge >= 0.3 is 0 Å². The van der Waals surface area contributed by atoms with E-state index in [9.17, 15) is 0 Å². The molecule has 4 heteroatoms. The van der Waals surface area contributed by atoms with Crippen LogP contribution in [0.5, 0.6) is 0 Å². The molecule has 66 valence electrons. The van der Waals surface area contributed by atoms with Gasteiger partial charge in [0.25, 0.3) is 0 Å². The highest BCUT2D eigenvalue weighted by Gasteiger charge is 2.01. The highest BCUT2D eigenvalue weighted by molar-refractivity contribution is 14.1. The van der Waals surface area contributed by atoms with E-state index in [0.29, 0.717) is 0 Å². The van der Waals surface area contributed by atoms with E-state index < -0.39 is 0 Å². The van der Waals surface area contributed by atoms with E-state index in [-0.39, 0.29) is 0 Å². The topological polar surface area (TPSA) is 25.8 Å². The predicted molar refractivity (Wildman–Crippen MR) is 61.9 cm³/mol. The summed E-state index contributed by atoms with van der Waals surface area (Å²) >= 11 is 3.61. The minimum absolute atomic E-state index is 0.841. The van der Waals surface area contributed by atoms with E-state index in [1.165, 1.54) is 17.1 Å². The molecule has 0 fully saturated rings. The molecule has 0 N–H and O–H groups in total. The van der Waals surface area contributed by atoms with Gasteiger partial charge < -0.3 is 0 Å². The minimum Gasteiger partial charge on any atom is -0.214 e. The zero-order valence-electron chi connectivity index (χ0n) is 6.77. The second-order valence-corrected chi connectivity index (χ2v) is 4.42. The summed E-state index contributed by atoms with van der Waals surface area (Å²) in [6.07, 6.45) is 0.890. The fourth-order valence-corrected chi connectivity index (χ4v) is 2.41. The van der Waals surface area contributed by atoms with Crippen molar-refractivity contribution in [1.82, 2.24) is 9.36 Å². The summed E-state index contributed by atoms with van der Waals surface area (Å²) in [7, 11) is 0. The van der Waals surface area contributed by atoms with E-state index in [4.69, 9.17) is 0 Å². The van der Waals surface area contributed by atoms with Crippen LogP contribution >= 0.6 is 34.1 Å². The highest BCUT2D eigenvalue weighted by atomic mass is 127. The number of hydrogen-bond acceptors (Lipinski definition) is 3. The highest BCUT2D eigenvalue weighted by Crippen LogP contribution is 2.12. The molecule has 13 heavy (non-hydrogen) atoms. The van der Waals surface area contributed by atoms with Crippen LogP contribution < -0.4 is 0 Å². The number of halogens is 1. The van der Waals surface area contributed by atoms with Gasteiger partial charge in [0, 0.05) is 29.0 Å². The van der Waals surface area contributed by atoms with Crippen molar-refractivity contribution in [2.75, 3.05) is 0 Å². The Morgan fingerprint density at radius 2 is 2.00 bits per heavy atom. The maximum atomic E-state index is 4.30. The molecule has 0 aliphatic heterocycles. The summed E-state index contributed by atoms with van der Waals surface area (Å²) in [6.45, 7) is 0. The lowest BCUT2D eigenvalue weighted by Gasteiger charge is -1.94. The fourth-order valence-electron chi connectivity index (χ4n) is 1.08. The second-order valence-electron chi connectivity index (χ2n) is 2.62. The number of rotatable bonds is 2. The Balaban J connectivity index is 2.15. The number of nitrogens with zero attached hydrogens (tertiary/aromatic N) is 2. The Morgan fingerprint density at radius 1 is 1.23 bits per heavy atom. The molecule has 0 spiro atoms. The van der Waals surface area contributed by atoms with Crippen LogP contribution in [0, 0.1) is 3.83 Å². The molecule has 0 saturated heterocycles. The molecule has 0 atom stereocenters. The molecule has 2 rings (SSSR count). The maximum absolute atomic E-state index is 4.30. The predicted octanol–water partition coefficient (Wildman–Crippen LogP) is 2.73. The smallest absolute Gasteiger partial charge is 0.203 e. The van der Waals surface area contributed by atoms with Crippen molar-refractivity contribution in [3.8, 4) is 0 Å². The first-order chi connectivity index (χ1) is 6.34. The average molecular weight is 302 g/mol. The molecule has 1 aromatic heterocycles. The van der Waals surface area contributed by atoms with Crippen LogP contribution in [0.1, 0.15) is 10.6 Å². The third kappa shape index (κ3) is 2.47. The quantitative estimate of drug-likeness (QED) is 0.797. The lowest BCUT2D eigenvalue weighted by atomic mass is 10.2. The summed E-state index contributed by atoms with van der Waals surface area (Å²) in [6, 6.07) is 10.3. The van der Waals surface area contributed by atoms with Crippen molar-refractivity contribution in [3.05, 3.63) is 44.7 Å². The third-order valence-electron chi connectivity index (χ3n) is 1.64. The van der Waals surface area contributed by atoms with Gasteiger partial charge in [0.05, 0.1) is 0 Å². The Bertz CT molecular complexity index is 386. The van der Waals surface area contributed by atoms with Crippen LogP contribution in [0.15, 0.2) is 30.3 Å². The fraction of sp³-hybridized carbons (Fsp3) is 0.111. The van der Waals surface area contributed by atoms with E-state index in [0.717, 1.165) is 15.3 Å². The molecule has 1 heterocycles. The monoisotopic (exact) mass is 302 g/mol. The van der Waals surface area contributed by atoms with Gasteiger partial charge in [-0.3, -0.25) is 0 Å².